The van der Waals surface area contributed by atoms with E-state index in [1.165, 1.54) is 0 Å². The summed E-state index contributed by atoms with van der Waals surface area (Å²) in [6.45, 7) is 6.36. The predicted octanol–water partition coefficient (Wildman–Crippen LogP) is 1.69. The van der Waals surface area contributed by atoms with Crippen LogP contribution in [0.4, 0.5) is 0 Å². The van der Waals surface area contributed by atoms with Gasteiger partial charge in [0.2, 0.25) is 10.0 Å². The van der Waals surface area contributed by atoms with Crippen molar-refractivity contribution < 1.29 is 8.42 Å². The molecule has 1 atom stereocenters. The summed E-state index contributed by atoms with van der Waals surface area (Å²) >= 11 is 0. The average molecular weight is 348 g/mol. The van der Waals surface area contributed by atoms with Gasteiger partial charge in [-0.1, -0.05) is 25.1 Å². The lowest BCUT2D eigenvalue weighted by Crippen LogP contribution is -2.36. The number of nitrogens with zero attached hydrogens (tertiary/aromatic N) is 3. The standard InChI is InChI=1S/C17H24N4O2S/c1-3-18-24(22,23)17-9-10-20(13-17)11-15-12-21(19-14(15)2)16-7-5-4-6-8-16/h4-8,12,17-18H,3,9-11,13H2,1-2H3. The van der Waals surface area contributed by atoms with Crippen LogP contribution in [0.5, 0.6) is 0 Å². The maximum absolute atomic E-state index is 12.1. The van der Waals surface area contributed by atoms with Crippen molar-refractivity contribution in [2.45, 2.75) is 32.1 Å². The van der Waals surface area contributed by atoms with Crippen molar-refractivity contribution >= 4 is 10.0 Å². The quantitative estimate of drug-likeness (QED) is 0.863. The molecule has 0 aliphatic carbocycles. The predicted molar refractivity (Wildman–Crippen MR) is 94.6 cm³/mol. The molecule has 0 radical (unpaired) electrons. The Hall–Kier alpha value is -1.70. The van der Waals surface area contributed by atoms with Crippen molar-refractivity contribution in [2.75, 3.05) is 19.6 Å². The Morgan fingerprint density at radius 2 is 2.04 bits per heavy atom. The van der Waals surface area contributed by atoms with E-state index in [0.29, 0.717) is 19.5 Å². The molecule has 1 saturated heterocycles. The molecule has 1 N–H and O–H groups in total. The molecule has 1 unspecified atom stereocenters. The molecular formula is C17H24N4O2S. The van der Waals surface area contributed by atoms with Gasteiger partial charge in [-0.25, -0.2) is 17.8 Å². The summed E-state index contributed by atoms with van der Waals surface area (Å²) in [6.07, 6.45) is 2.72. The van der Waals surface area contributed by atoms with Crippen LogP contribution in [-0.4, -0.2) is 48.0 Å². The van der Waals surface area contributed by atoms with E-state index in [2.05, 4.69) is 14.7 Å². The normalized spacial score (nSPS) is 19.0. The first-order valence-corrected chi connectivity index (χ1v) is 9.85. The molecule has 0 amide bonds. The van der Waals surface area contributed by atoms with E-state index < -0.39 is 10.0 Å². The molecule has 130 valence electrons. The van der Waals surface area contributed by atoms with Crippen LogP contribution >= 0.6 is 0 Å². The van der Waals surface area contributed by atoms with Crippen LogP contribution in [0.25, 0.3) is 5.69 Å². The van der Waals surface area contributed by atoms with Gasteiger partial charge in [0.15, 0.2) is 0 Å². The Bertz CT molecular complexity index is 786. The fraction of sp³-hybridized carbons (Fsp3) is 0.471. The van der Waals surface area contributed by atoms with Gasteiger partial charge in [0, 0.05) is 31.4 Å². The smallest absolute Gasteiger partial charge is 0.215 e. The maximum atomic E-state index is 12.1. The number of aromatic nitrogens is 2. The first kappa shape index (κ1) is 17.1. The monoisotopic (exact) mass is 348 g/mol. The average Bonchev–Trinajstić information content (AvgIpc) is 3.17. The largest absolute Gasteiger partial charge is 0.298 e. The highest BCUT2D eigenvalue weighted by Gasteiger charge is 2.32. The summed E-state index contributed by atoms with van der Waals surface area (Å²) in [5.41, 5.74) is 3.15. The first-order valence-electron chi connectivity index (χ1n) is 8.31. The highest BCUT2D eigenvalue weighted by molar-refractivity contribution is 7.90. The second kappa shape index (κ2) is 7.04. The van der Waals surface area contributed by atoms with Crippen LogP contribution in [0.3, 0.4) is 0 Å². The third-order valence-electron chi connectivity index (χ3n) is 4.43. The highest BCUT2D eigenvalue weighted by Crippen LogP contribution is 2.20. The lowest BCUT2D eigenvalue weighted by molar-refractivity contribution is 0.330. The number of benzene rings is 1. The van der Waals surface area contributed by atoms with E-state index in [9.17, 15) is 8.42 Å². The second-order valence-electron chi connectivity index (χ2n) is 6.21. The van der Waals surface area contributed by atoms with E-state index in [-0.39, 0.29) is 5.25 Å². The molecule has 7 heteroatoms. The van der Waals surface area contributed by atoms with Gasteiger partial charge >= 0.3 is 0 Å². The number of sulfonamides is 1. The van der Waals surface area contributed by atoms with Crippen molar-refractivity contribution in [2.24, 2.45) is 0 Å². The van der Waals surface area contributed by atoms with Gasteiger partial charge in [-0.15, -0.1) is 0 Å². The summed E-state index contributed by atoms with van der Waals surface area (Å²) in [4.78, 5) is 2.19. The van der Waals surface area contributed by atoms with Crippen LogP contribution in [0.15, 0.2) is 36.5 Å². The molecule has 0 spiro atoms. The minimum Gasteiger partial charge on any atom is -0.298 e. The van der Waals surface area contributed by atoms with E-state index >= 15 is 0 Å². The first-order chi connectivity index (χ1) is 11.5. The lowest BCUT2D eigenvalue weighted by Gasteiger charge is -2.15. The van der Waals surface area contributed by atoms with Crippen LogP contribution in [-0.2, 0) is 16.6 Å². The van der Waals surface area contributed by atoms with Crippen LogP contribution < -0.4 is 4.72 Å². The van der Waals surface area contributed by atoms with Gasteiger partial charge in [0.05, 0.1) is 16.6 Å². The number of aryl methyl sites for hydroxylation is 1. The molecule has 1 fully saturated rings. The van der Waals surface area contributed by atoms with Gasteiger partial charge < -0.3 is 0 Å². The topological polar surface area (TPSA) is 67.2 Å². The number of nitrogens with one attached hydrogen (secondary N) is 1. The number of rotatable bonds is 6. The van der Waals surface area contributed by atoms with Crippen molar-refractivity contribution in [3.05, 3.63) is 47.8 Å². The molecular weight excluding hydrogens is 324 g/mol. The van der Waals surface area contributed by atoms with Crippen molar-refractivity contribution in [3.63, 3.8) is 0 Å². The van der Waals surface area contributed by atoms with Crippen LogP contribution in [0, 0.1) is 6.92 Å². The summed E-state index contributed by atoms with van der Waals surface area (Å²) in [5, 5.41) is 4.26. The lowest BCUT2D eigenvalue weighted by atomic mass is 10.2. The summed E-state index contributed by atoms with van der Waals surface area (Å²) in [7, 11) is -3.20. The fourth-order valence-corrected chi connectivity index (χ4v) is 4.58. The minimum atomic E-state index is -3.20. The molecule has 0 bridgehead atoms. The molecule has 1 aliphatic rings. The molecule has 24 heavy (non-hydrogen) atoms. The molecule has 3 rings (SSSR count). The van der Waals surface area contributed by atoms with Gasteiger partial charge in [0.25, 0.3) is 0 Å². The zero-order valence-electron chi connectivity index (χ0n) is 14.1. The van der Waals surface area contributed by atoms with Crippen molar-refractivity contribution in [1.82, 2.24) is 19.4 Å². The second-order valence-corrected chi connectivity index (χ2v) is 8.25. The molecule has 1 aromatic heterocycles. The third-order valence-corrected chi connectivity index (χ3v) is 6.38. The summed E-state index contributed by atoms with van der Waals surface area (Å²) in [5.74, 6) is 0. The fourth-order valence-electron chi connectivity index (χ4n) is 3.12. The van der Waals surface area contributed by atoms with Gasteiger partial charge in [-0.05, 0) is 32.0 Å². The maximum Gasteiger partial charge on any atom is 0.215 e. The van der Waals surface area contributed by atoms with E-state index in [1.54, 1.807) is 0 Å². The Morgan fingerprint density at radius 3 is 2.75 bits per heavy atom. The molecule has 1 aliphatic heterocycles. The highest BCUT2D eigenvalue weighted by atomic mass is 32.2. The Morgan fingerprint density at radius 1 is 1.29 bits per heavy atom. The molecule has 0 saturated carbocycles. The van der Waals surface area contributed by atoms with Gasteiger partial charge in [-0.2, -0.15) is 5.10 Å². The van der Waals surface area contributed by atoms with E-state index in [1.807, 2.05) is 55.1 Å². The number of hydrogen-bond acceptors (Lipinski definition) is 4. The van der Waals surface area contributed by atoms with E-state index in [0.717, 1.165) is 30.0 Å². The Balaban J connectivity index is 1.69. The zero-order chi connectivity index (χ0) is 17.2. The SMILES string of the molecule is CCNS(=O)(=O)C1CCN(Cc2cn(-c3ccccc3)nc2C)C1. The minimum absolute atomic E-state index is 0.318. The molecule has 6 nitrogen and oxygen atoms in total. The van der Waals surface area contributed by atoms with Crippen LogP contribution in [0.1, 0.15) is 24.6 Å². The summed E-state index contributed by atoms with van der Waals surface area (Å²) in [6, 6.07) is 10.00. The number of hydrogen-bond donors (Lipinski definition) is 1. The zero-order valence-corrected chi connectivity index (χ0v) is 15.0. The molecule has 2 aromatic rings. The van der Waals surface area contributed by atoms with E-state index in [4.69, 9.17) is 0 Å². The van der Waals surface area contributed by atoms with Gasteiger partial charge in [0.1, 0.15) is 0 Å². The van der Waals surface area contributed by atoms with Gasteiger partial charge in [-0.3, -0.25) is 4.90 Å². The van der Waals surface area contributed by atoms with Crippen LogP contribution in [0.2, 0.25) is 0 Å². The Labute approximate surface area is 143 Å². The van der Waals surface area contributed by atoms with Crippen molar-refractivity contribution in [1.29, 1.82) is 0 Å². The van der Waals surface area contributed by atoms with Crippen molar-refractivity contribution in [3.8, 4) is 5.69 Å². The molecule has 2 heterocycles. The third kappa shape index (κ3) is 3.68. The summed E-state index contributed by atoms with van der Waals surface area (Å²) < 4.78 is 28.8. The number of para-hydroxylation sites is 1. The number of likely N-dealkylation sites (tertiary alicyclic amines) is 1. The molecule has 1 aromatic carbocycles. The Kier molecular flexibility index (Phi) is 5.03.